The van der Waals surface area contributed by atoms with Gasteiger partial charge in [0, 0.05) is 24.0 Å². The molecule has 0 aliphatic carbocycles. The molecule has 1 N–H and O–H groups in total. The van der Waals surface area contributed by atoms with Crippen molar-refractivity contribution in [3.05, 3.63) is 53.9 Å². The van der Waals surface area contributed by atoms with Crippen molar-refractivity contribution in [3.8, 4) is 0 Å². The average Bonchev–Trinajstić information content (AvgIpc) is 3.27. The van der Waals surface area contributed by atoms with Crippen LogP contribution in [0.4, 0.5) is 8.78 Å². The standard InChI is InChI=1S/C16H17F2N5O2S2/c1-10(26-15-21-14(6-25-2)22-27-15)16(24,7-23-9-19-8-20-23)12-4-3-11(17)5-13(12)18/h3-5,8-10,24H,6-7H2,1-2H3/t10-,16-/m1/s1. The van der Waals surface area contributed by atoms with Gasteiger partial charge in [-0.3, -0.25) is 0 Å². The van der Waals surface area contributed by atoms with E-state index < -0.39 is 22.5 Å². The molecule has 0 radical (unpaired) electrons. The molecule has 2 atom stereocenters. The molecule has 27 heavy (non-hydrogen) atoms. The molecule has 0 saturated heterocycles. The van der Waals surface area contributed by atoms with Crippen LogP contribution in [0.2, 0.25) is 0 Å². The molecule has 0 unspecified atom stereocenters. The fraction of sp³-hybridized carbons (Fsp3) is 0.375. The Morgan fingerprint density at radius 2 is 2.22 bits per heavy atom. The number of aromatic nitrogens is 5. The van der Waals surface area contributed by atoms with E-state index in [4.69, 9.17) is 4.74 Å². The van der Waals surface area contributed by atoms with Gasteiger partial charge in [-0.1, -0.05) is 17.8 Å². The number of halogens is 2. The van der Waals surface area contributed by atoms with Gasteiger partial charge >= 0.3 is 0 Å². The molecule has 2 aromatic heterocycles. The van der Waals surface area contributed by atoms with Gasteiger partial charge < -0.3 is 9.84 Å². The summed E-state index contributed by atoms with van der Waals surface area (Å²) >= 11 is 2.41. The molecular weight excluding hydrogens is 396 g/mol. The van der Waals surface area contributed by atoms with Crippen LogP contribution in [0.3, 0.4) is 0 Å². The normalized spacial score (nSPS) is 14.9. The fourth-order valence-corrected chi connectivity index (χ4v) is 4.55. The van der Waals surface area contributed by atoms with E-state index in [1.165, 1.54) is 46.7 Å². The Balaban J connectivity index is 1.92. The summed E-state index contributed by atoms with van der Waals surface area (Å²) in [6.45, 7) is 1.95. The molecule has 0 spiro atoms. The van der Waals surface area contributed by atoms with E-state index in [-0.39, 0.29) is 18.7 Å². The maximum Gasteiger partial charge on any atom is 0.170 e. The second-order valence-corrected chi connectivity index (χ2v) is 8.15. The molecule has 144 valence electrons. The average molecular weight is 413 g/mol. The highest BCUT2D eigenvalue weighted by atomic mass is 32.2. The monoisotopic (exact) mass is 413 g/mol. The molecule has 7 nitrogen and oxygen atoms in total. The van der Waals surface area contributed by atoms with Gasteiger partial charge in [-0.25, -0.2) is 23.4 Å². The van der Waals surface area contributed by atoms with Crippen LogP contribution in [0.5, 0.6) is 0 Å². The quantitative estimate of drug-likeness (QED) is 0.568. The number of benzene rings is 1. The third kappa shape index (κ3) is 4.49. The lowest BCUT2D eigenvalue weighted by atomic mass is 9.90. The molecule has 11 heteroatoms. The predicted octanol–water partition coefficient (Wildman–Crippen LogP) is 2.62. The van der Waals surface area contributed by atoms with Gasteiger partial charge in [0.1, 0.15) is 36.5 Å². The molecule has 0 aliphatic rings. The van der Waals surface area contributed by atoms with Crippen molar-refractivity contribution in [2.75, 3.05) is 7.11 Å². The number of nitrogens with zero attached hydrogens (tertiary/aromatic N) is 5. The van der Waals surface area contributed by atoms with Gasteiger partial charge in [-0.15, -0.1) is 0 Å². The van der Waals surface area contributed by atoms with Crippen LogP contribution in [-0.4, -0.2) is 41.6 Å². The second kappa shape index (κ2) is 8.38. The van der Waals surface area contributed by atoms with Gasteiger partial charge in [0.05, 0.1) is 6.54 Å². The maximum absolute atomic E-state index is 14.5. The number of methoxy groups -OCH3 is 1. The summed E-state index contributed by atoms with van der Waals surface area (Å²) in [6, 6.07) is 3.11. The first-order valence-electron chi connectivity index (χ1n) is 7.91. The number of hydrogen-bond acceptors (Lipinski definition) is 8. The number of ether oxygens (including phenoxy) is 1. The van der Waals surface area contributed by atoms with Gasteiger partial charge in [-0.2, -0.15) is 9.47 Å². The molecule has 0 aliphatic heterocycles. The zero-order chi connectivity index (χ0) is 19.4. The van der Waals surface area contributed by atoms with E-state index in [2.05, 4.69) is 19.4 Å². The summed E-state index contributed by atoms with van der Waals surface area (Å²) < 4.78 is 39.0. The Bertz CT molecular complexity index is 893. The van der Waals surface area contributed by atoms with Crippen LogP contribution in [0.25, 0.3) is 0 Å². The van der Waals surface area contributed by atoms with Crippen molar-refractivity contribution >= 4 is 23.3 Å². The van der Waals surface area contributed by atoms with E-state index >= 15 is 0 Å². The minimum Gasteiger partial charge on any atom is -0.382 e. The van der Waals surface area contributed by atoms with Gasteiger partial charge in [0.25, 0.3) is 0 Å². The van der Waals surface area contributed by atoms with E-state index in [0.717, 1.165) is 12.1 Å². The largest absolute Gasteiger partial charge is 0.382 e. The second-order valence-electron chi connectivity index (χ2n) is 5.81. The van der Waals surface area contributed by atoms with Gasteiger partial charge in [0.2, 0.25) is 0 Å². The SMILES string of the molecule is COCc1nsc(S[C@H](C)[C@](O)(Cn2cncn2)c2ccc(F)cc2F)n1. The first-order valence-corrected chi connectivity index (χ1v) is 9.56. The zero-order valence-corrected chi connectivity index (χ0v) is 16.2. The van der Waals surface area contributed by atoms with Gasteiger partial charge in [0.15, 0.2) is 10.2 Å². The molecule has 0 bridgehead atoms. The summed E-state index contributed by atoms with van der Waals surface area (Å²) in [5, 5.41) is 14.9. The Hall–Kier alpha value is -1.95. The fourth-order valence-electron chi connectivity index (χ4n) is 2.56. The van der Waals surface area contributed by atoms with Crippen molar-refractivity contribution in [1.29, 1.82) is 0 Å². The van der Waals surface area contributed by atoms with Crippen LogP contribution < -0.4 is 0 Å². The van der Waals surface area contributed by atoms with Crippen LogP contribution >= 0.6 is 23.3 Å². The molecular formula is C16H17F2N5O2S2. The predicted molar refractivity (Wildman–Crippen MR) is 96.2 cm³/mol. The van der Waals surface area contributed by atoms with Crippen molar-refractivity contribution < 1.29 is 18.6 Å². The zero-order valence-electron chi connectivity index (χ0n) is 14.5. The first kappa shape index (κ1) is 19.8. The highest BCUT2D eigenvalue weighted by molar-refractivity contribution is 8.01. The van der Waals surface area contributed by atoms with Crippen LogP contribution in [-0.2, 0) is 23.5 Å². The maximum atomic E-state index is 14.5. The molecule has 2 heterocycles. The number of thioether (sulfide) groups is 1. The van der Waals surface area contributed by atoms with Crippen LogP contribution in [0.15, 0.2) is 35.2 Å². The first-order chi connectivity index (χ1) is 12.9. The summed E-state index contributed by atoms with van der Waals surface area (Å²) in [5.74, 6) is -1.01. The third-order valence-corrected chi connectivity index (χ3v) is 6.04. The van der Waals surface area contributed by atoms with Gasteiger partial charge in [-0.05, 0) is 24.5 Å². The highest BCUT2D eigenvalue weighted by Crippen LogP contribution is 2.39. The molecule has 1 aromatic carbocycles. The lowest BCUT2D eigenvalue weighted by Crippen LogP contribution is -2.41. The summed E-state index contributed by atoms with van der Waals surface area (Å²) in [6.07, 6.45) is 2.74. The minimum atomic E-state index is -1.69. The molecule has 0 amide bonds. The minimum absolute atomic E-state index is 0.0268. The lowest BCUT2D eigenvalue weighted by molar-refractivity contribution is 0.0133. The Morgan fingerprint density at radius 3 is 2.89 bits per heavy atom. The van der Waals surface area contributed by atoms with Crippen molar-refractivity contribution in [1.82, 2.24) is 24.1 Å². The van der Waals surface area contributed by atoms with E-state index in [0.29, 0.717) is 10.2 Å². The van der Waals surface area contributed by atoms with E-state index in [1.807, 2.05) is 0 Å². The Morgan fingerprint density at radius 1 is 1.41 bits per heavy atom. The van der Waals surface area contributed by atoms with Crippen molar-refractivity contribution in [3.63, 3.8) is 0 Å². The Labute approximate surface area is 162 Å². The number of hydrogen-bond donors (Lipinski definition) is 1. The summed E-state index contributed by atoms with van der Waals surface area (Å²) in [4.78, 5) is 8.18. The van der Waals surface area contributed by atoms with Crippen LogP contribution in [0, 0.1) is 11.6 Å². The van der Waals surface area contributed by atoms with E-state index in [1.54, 1.807) is 14.0 Å². The number of aliphatic hydroxyl groups is 1. The molecule has 0 fully saturated rings. The molecule has 3 aromatic rings. The van der Waals surface area contributed by atoms with E-state index in [9.17, 15) is 13.9 Å². The summed E-state index contributed by atoms with van der Waals surface area (Å²) in [5.41, 5.74) is -1.72. The van der Waals surface area contributed by atoms with Crippen molar-refractivity contribution in [2.45, 2.75) is 35.3 Å². The highest BCUT2D eigenvalue weighted by Gasteiger charge is 2.40. The lowest BCUT2D eigenvalue weighted by Gasteiger charge is -2.33. The molecule has 3 rings (SSSR count). The third-order valence-electron chi connectivity index (χ3n) is 3.94. The smallest absolute Gasteiger partial charge is 0.170 e. The summed E-state index contributed by atoms with van der Waals surface area (Å²) in [7, 11) is 1.55. The Kier molecular flexibility index (Phi) is 6.15. The number of rotatable bonds is 8. The van der Waals surface area contributed by atoms with Crippen LogP contribution in [0.1, 0.15) is 18.3 Å². The topological polar surface area (TPSA) is 86.0 Å². The van der Waals surface area contributed by atoms with Crippen molar-refractivity contribution in [2.24, 2.45) is 0 Å². The molecule has 0 saturated carbocycles.